The van der Waals surface area contributed by atoms with Gasteiger partial charge in [-0.25, -0.2) is 4.39 Å². The summed E-state index contributed by atoms with van der Waals surface area (Å²) in [4.78, 5) is 18.9. The smallest absolute Gasteiger partial charge is 0.223 e. The van der Waals surface area contributed by atoms with E-state index in [9.17, 15) is 9.18 Å². The molecule has 0 aliphatic carbocycles. The van der Waals surface area contributed by atoms with Crippen LogP contribution in [0.4, 0.5) is 4.39 Å². The highest BCUT2D eigenvalue weighted by Gasteiger charge is 2.34. The third kappa shape index (κ3) is 3.75. The van der Waals surface area contributed by atoms with Gasteiger partial charge < -0.3 is 14.6 Å². The molecule has 0 saturated heterocycles. The lowest BCUT2D eigenvalue weighted by Crippen LogP contribution is -2.40. The molecule has 32 heavy (non-hydrogen) atoms. The maximum Gasteiger partial charge on any atom is 0.223 e. The fraction of sp³-hybridized carbons (Fsp3) is 0.222. The molecule has 3 aromatic carbocycles. The second-order valence-electron chi connectivity index (χ2n) is 8.20. The molecule has 0 unspecified atom stereocenters. The van der Waals surface area contributed by atoms with E-state index in [2.05, 4.69) is 17.1 Å². The second-order valence-corrected chi connectivity index (χ2v) is 8.20. The zero-order chi connectivity index (χ0) is 22.1. The Balaban J connectivity index is 1.46. The van der Waals surface area contributed by atoms with E-state index in [1.54, 1.807) is 19.2 Å². The molecule has 1 aromatic heterocycles. The van der Waals surface area contributed by atoms with Crippen LogP contribution in [0.5, 0.6) is 5.75 Å². The summed E-state index contributed by atoms with van der Waals surface area (Å²) in [6.45, 7) is 0.637. The number of H-pyrrole nitrogens is 1. The number of hydrogen-bond donors (Lipinski definition) is 1. The molecule has 5 heteroatoms. The quantitative estimate of drug-likeness (QED) is 0.461. The molecule has 2 heterocycles. The van der Waals surface area contributed by atoms with E-state index in [1.807, 2.05) is 41.3 Å². The minimum absolute atomic E-state index is 0.0967. The van der Waals surface area contributed by atoms with Gasteiger partial charge in [-0.3, -0.25) is 4.79 Å². The molecule has 0 saturated carbocycles. The number of ether oxygens (including phenoxy) is 1. The van der Waals surface area contributed by atoms with Gasteiger partial charge in [-0.15, -0.1) is 0 Å². The van der Waals surface area contributed by atoms with Crippen molar-refractivity contribution in [2.24, 2.45) is 0 Å². The molecule has 162 valence electrons. The van der Waals surface area contributed by atoms with Crippen LogP contribution in [0.1, 0.15) is 34.8 Å². The second kappa shape index (κ2) is 8.50. The third-order valence-corrected chi connectivity index (χ3v) is 6.33. The van der Waals surface area contributed by atoms with Gasteiger partial charge >= 0.3 is 0 Å². The van der Waals surface area contributed by atoms with Gasteiger partial charge in [0.1, 0.15) is 11.6 Å². The number of para-hydroxylation sites is 1. The van der Waals surface area contributed by atoms with Crippen LogP contribution in [-0.2, 0) is 17.6 Å². The Labute approximate surface area is 186 Å². The molecule has 0 radical (unpaired) electrons. The number of aromatic nitrogens is 1. The first-order valence-corrected chi connectivity index (χ1v) is 10.9. The zero-order valence-corrected chi connectivity index (χ0v) is 18.0. The lowest BCUT2D eigenvalue weighted by atomic mass is 9.92. The van der Waals surface area contributed by atoms with E-state index in [4.69, 9.17) is 4.74 Å². The summed E-state index contributed by atoms with van der Waals surface area (Å²) in [5.74, 6) is 0.622. The highest BCUT2D eigenvalue weighted by molar-refractivity contribution is 5.86. The molecule has 1 amide bonds. The first kappa shape index (κ1) is 20.3. The Hall–Kier alpha value is -3.60. The van der Waals surface area contributed by atoms with Gasteiger partial charge in [0, 0.05) is 29.6 Å². The molecule has 4 nitrogen and oxygen atoms in total. The van der Waals surface area contributed by atoms with Gasteiger partial charge in [-0.2, -0.15) is 0 Å². The number of fused-ring (bicyclic) bond motifs is 3. The highest BCUT2D eigenvalue weighted by Crippen LogP contribution is 2.38. The molecular weight excluding hydrogens is 403 g/mol. The number of aryl methyl sites for hydroxylation is 1. The molecule has 4 aromatic rings. The van der Waals surface area contributed by atoms with Crippen molar-refractivity contribution < 1.29 is 13.9 Å². The van der Waals surface area contributed by atoms with Crippen LogP contribution in [-0.4, -0.2) is 29.4 Å². The monoisotopic (exact) mass is 428 g/mol. The number of benzene rings is 3. The van der Waals surface area contributed by atoms with E-state index >= 15 is 0 Å². The largest absolute Gasteiger partial charge is 0.497 e. The van der Waals surface area contributed by atoms with Gasteiger partial charge in [-0.05, 0) is 59.9 Å². The van der Waals surface area contributed by atoms with Gasteiger partial charge in [-0.1, -0.05) is 42.5 Å². The van der Waals surface area contributed by atoms with Crippen LogP contribution >= 0.6 is 0 Å². The van der Waals surface area contributed by atoms with Crippen LogP contribution in [0.15, 0.2) is 72.8 Å². The maximum atomic E-state index is 13.6. The van der Waals surface area contributed by atoms with E-state index in [-0.39, 0.29) is 17.8 Å². The molecule has 0 spiro atoms. The normalized spacial score (nSPS) is 15.6. The Morgan fingerprint density at radius 1 is 1.06 bits per heavy atom. The number of hydrogen-bond acceptors (Lipinski definition) is 2. The number of carbonyl (C=O) groups excluding carboxylic acids is 1. The summed E-state index contributed by atoms with van der Waals surface area (Å²) in [6, 6.07) is 22.3. The SMILES string of the molecule is COc1ccc(CCC(=O)N2CCc3c([nH]c4ccccc34)[C@H]2c2ccc(F)cc2)cc1. The Kier molecular flexibility index (Phi) is 5.39. The first-order valence-electron chi connectivity index (χ1n) is 10.9. The molecule has 1 N–H and O–H groups in total. The molecule has 0 bridgehead atoms. The summed E-state index contributed by atoms with van der Waals surface area (Å²) in [7, 11) is 1.64. The number of methoxy groups -OCH3 is 1. The topological polar surface area (TPSA) is 45.3 Å². The Morgan fingerprint density at radius 2 is 1.81 bits per heavy atom. The molecular formula is C27H25FN2O2. The summed E-state index contributed by atoms with van der Waals surface area (Å²) >= 11 is 0. The average molecular weight is 429 g/mol. The Morgan fingerprint density at radius 3 is 2.56 bits per heavy atom. The van der Waals surface area contributed by atoms with Gasteiger partial charge in [0.15, 0.2) is 0 Å². The van der Waals surface area contributed by atoms with Crippen molar-refractivity contribution in [3.63, 3.8) is 0 Å². The minimum Gasteiger partial charge on any atom is -0.497 e. The third-order valence-electron chi connectivity index (χ3n) is 6.33. The standard InChI is InChI=1S/C27H25FN2O2/c1-32-21-13-6-18(7-14-21)8-15-25(31)30-17-16-23-22-4-2-3-5-24(22)29-26(23)27(30)19-9-11-20(28)12-10-19/h2-7,9-14,27,29H,8,15-17H2,1H3/t27-/m1/s1. The highest BCUT2D eigenvalue weighted by atomic mass is 19.1. The number of aromatic amines is 1. The van der Waals surface area contributed by atoms with Crippen molar-refractivity contribution in [1.29, 1.82) is 0 Å². The number of halogens is 1. The summed E-state index contributed by atoms with van der Waals surface area (Å²) < 4.78 is 18.9. The molecule has 1 aliphatic rings. The van der Waals surface area contributed by atoms with E-state index < -0.39 is 0 Å². The molecule has 5 rings (SSSR count). The lowest BCUT2D eigenvalue weighted by Gasteiger charge is -2.36. The average Bonchev–Trinajstić information content (AvgIpc) is 3.21. The molecule has 1 atom stereocenters. The van der Waals surface area contributed by atoms with E-state index in [0.29, 0.717) is 19.4 Å². The predicted molar refractivity (Wildman–Crippen MR) is 123 cm³/mol. The molecule has 1 aliphatic heterocycles. The van der Waals surface area contributed by atoms with Crippen molar-refractivity contribution in [2.75, 3.05) is 13.7 Å². The number of rotatable bonds is 5. The first-order chi connectivity index (χ1) is 15.6. The summed E-state index contributed by atoms with van der Waals surface area (Å²) in [5, 5.41) is 1.19. The van der Waals surface area contributed by atoms with Gasteiger partial charge in [0.2, 0.25) is 5.91 Å². The van der Waals surface area contributed by atoms with Crippen molar-refractivity contribution in [1.82, 2.24) is 9.88 Å². The van der Waals surface area contributed by atoms with Crippen LogP contribution in [0.3, 0.4) is 0 Å². The van der Waals surface area contributed by atoms with Gasteiger partial charge in [0.25, 0.3) is 0 Å². The number of amides is 1. The van der Waals surface area contributed by atoms with Crippen molar-refractivity contribution in [3.05, 3.63) is 101 Å². The number of nitrogens with zero attached hydrogens (tertiary/aromatic N) is 1. The maximum absolute atomic E-state index is 13.6. The lowest BCUT2D eigenvalue weighted by molar-refractivity contribution is -0.133. The van der Waals surface area contributed by atoms with Crippen molar-refractivity contribution >= 4 is 16.8 Å². The minimum atomic E-state index is -0.279. The zero-order valence-electron chi connectivity index (χ0n) is 18.0. The summed E-state index contributed by atoms with van der Waals surface area (Å²) in [5.41, 5.74) is 5.35. The molecule has 0 fully saturated rings. The van der Waals surface area contributed by atoms with Gasteiger partial charge in [0.05, 0.1) is 13.2 Å². The Bertz CT molecular complexity index is 1250. The van der Waals surface area contributed by atoms with Crippen molar-refractivity contribution in [2.45, 2.75) is 25.3 Å². The van der Waals surface area contributed by atoms with E-state index in [0.717, 1.165) is 34.5 Å². The predicted octanol–water partition coefficient (Wildman–Crippen LogP) is 5.42. The summed E-state index contributed by atoms with van der Waals surface area (Å²) in [6.07, 6.45) is 1.87. The van der Waals surface area contributed by atoms with E-state index in [1.165, 1.54) is 23.1 Å². The number of carbonyl (C=O) groups is 1. The van der Waals surface area contributed by atoms with Crippen LogP contribution < -0.4 is 4.74 Å². The van der Waals surface area contributed by atoms with Crippen molar-refractivity contribution in [3.8, 4) is 5.75 Å². The van der Waals surface area contributed by atoms with Crippen LogP contribution in [0.25, 0.3) is 10.9 Å². The number of nitrogens with one attached hydrogen (secondary N) is 1. The van der Waals surface area contributed by atoms with Crippen LogP contribution in [0.2, 0.25) is 0 Å². The fourth-order valence-electron chi connectivity index (χ4n) is 4.69. The fourth-order valence-corrected chi connectivity index (χ4v) is 4.69. The van der Waals surface area contributed by atoms with Crippen LogP contribution in [0, 0.1) is 5.82 Å².